The first-order valence-corrected chi connectivity index (χ1v) is 18.9. The quantitative estimate of drug-likeness (QED) is 0.157. The van der Waals surface area contributed by atoms with E-state index in [1.165, 1.54) is 22.1 Å². The highest BCUT2D eigenvalue weighted by molar-refractivity contribution is 6.09. The predicted molar refractivity (Wildman–Crippen MR) is 227 cm³/mol. The van der Waals surface area contributed by atoms with Crippen LogP contribution in [0, 0.1) is 20.8 Å². The normalized spacial score (nSPS) is 11.5. The van der Waals surface area contributed by atoms with Crippen LogP contribution < -0.4 is 4.74 Å². The summed E-state index contributed by atoms with van der Waals surface area (Å²) in [5.41, 5.74) is 14.3. The van der Waals surface area contributed by atoms with Crippen molar-refractivity contribution in [2.75, 3.05) is 0 Å². The van der Waals surface area contributed by atoms with Gasteiger partial charge in [-0.3, -0.25) is 4.57 Å². The molecule has 0 spiro atoms. The van der Waals surface area contributed by atoms with Gasteiger partial charge in [-0.05, 0) is 97.0 Å². The van der Waals surface area contributed by atoms with Crippen molar-refractivity contribution in [1.82, 2.24) is 19.3 Å². The molecule has 5 heteroatoms. The molecule has 0 atom stereocenters. The topological polar surface area (TPSA) is 44.9 Å². The van der Waals surface area contributed by atoms with Crippen LogP contribution in [0.2, 0.25) is 0 Å². The molecule has 0 amide bonds. The summed E-state index contributed by atoms with van der Waals surface area (Å²) in [6.45, 7) is 10.9. The number of para-hydroxylation sites is 1. The lowest BCUT2D eigenvalue weighted by atomic mass is 9.90. The fourth-order valence-corrected chi connectivity index (χ4v) is 7.87. The first kappa shape index (κ1) is 34.1. The van der Waals surface area contributed by atoms with Crippen LogP contribution in [0.1, 0.15) is 42.0 Å². The Bertz CT molecular complexity index is 2830. The standard InChI is InChI=1S/C50H42N4O/c1-32(2)38-28-39(30-41(29-38)55-40-23-24-43-42-21-12-13-22-44(42)53(45(43)31-40)46-27-33(3)25-26-51-46)54-50(37-19-10-7-11-20-37)48(47-34(4)15-14-16-35(47)5)49(52-54)36-17-8-6-9-18-36/h6-32H,1-5H3. The fraction of sp³-hybridized carbons (Fsp3) is 0.120. The van der Waals surface area contributed by atoms with E-state index < -0.39 is 0 Å². The smallest absolute Gasteiger partial charge is 0.137 e. The number of rotatable bonds is 8. The van der Waals surface area contributed by atoms with Crippen molar-refractivity contribution in [1.29, 1.82) is 0 Å². The number of pyridine rings is 1. The van der Waals surface area contributed by atoms with Gasteiger partial charge in [0.05, 0.1) is 22.4 Å². The molecule has 0 aliphatic rings. The third-order valence-corrected chi connectivity index (χ3v) is 10.5. The second-order valence-electron chi connectivity index (χ2n) is 14.7. The summed E-state index contributed by atoms with van der Waals surface area (Å²) in [7, 11) is 0. The predicted octanol–water partition coefficient (Wildman–Crippen LogP) is 13.2. The number of hydrogen-bond donors (Lipinski definition) is 0. The van der Waals surface area contributed by atoms with Gasteiger partial charge in [0.25, 0.3) is 0 Å². The van der Waals surface area contributed by atoms with E-state index in [9.17, 15) is 0 Å². The van der Waals surface area contributed by atoms with Crippen molar-refractivity contribution in [3.63, 3.8) is 0 Å². The van der Waals surface area contributed by atoms with Crippen molar-refractivity contribution in [3.05, 3.63) is 180 Å². The van der Waals surface area contributed by atoms with E-state index in [0.717, 1.165) is 78.6 Å². The minimum Gasteiger partial charge on any atom is -0.457 e. The summed E-state index contributed by atoms with van der Waals surface area (Å²) in [5.74, 6) is 2.64. The average molecular weight is 715 g/mol. The van der Waals surface area contributed by atoms with Crippen LogP contribution in [0.3, 0.4) is 0 Å². The highest BCUT2D eigenvalue weighted by Gasteiger charge is 2.26. The molecule has 0 saturated heterocycles. The molecular formula is C50H42N4O. The van der Waals surface area contributed by atoms with E-state index in [1.807, 2.05) is 12.3 Å². The molecule has 9 rings (SSSR count). The van der Waals surface area contributed by atoms with Gasteiger partial charge in [0.2, 0.25) is 0 Å². The summed E-state index contributed by atoms with van der Waals surface area (Å²) in [4.78, 5) is 4.78. The third kappa shape index (κ3) is 6.18. The van der Waals surface area contributed by atoms with Crippen molar-refractivity contribution in [2.45, 2.75) is 40.5 Å². The van der Waals surface area contributed by atoms with E-state index >= 15 is 0 Å². The van der Waals surface area contributed by atoms with Crippen LogP contribution in [-0.2, 0) is 0 Å². The molecule has 3 heterocycles. The number of ether oxygens (including phenoxy) is 1. The van der Waals surface area contributed by atoms with Crippen molar-refractivity contribution < 1.29 is 4.74 Å². The van der Waals surface area contributed by atoms with Crippen molar-refractivity contribution >= 4 is 21.8 Å². The van der Waals surface area contributed by atoms with Crippen LogP contribution in [0.5, 0.6) is 11.5 Å². The summed E-state index contributed by atoms with van der Waals surface area (Å²) in [5, 5.41) is 7.83. The van der Waals surface area contributed by atoms with E-state index in [2.05, 4.69) is 189 Å². The van der Waals surface area contributed by atoms with Gasteiger partial charge in [0, 0.05) is 45.8 Å². The van der Waals surface area contributed by atoms with Crippen molar-refractivity contribution in [2.24, 2.45) is 0 Å². The van der Waals surface area contributed by atoms with Gasteiger partial charge < -0.3 is 4.74 Å². The zero-order valence-electron chi connectivity index (χ0n) is 31.8. The number of aromatic nitrogens is 4. The second kappa shape index (κ2) is 13.9. The highest BCUT2D eigenvalue weighted by atomic mass is 16.5. The molecule has 55 heavy (non-hydrogen) atoms. The van der Waals surface area contributed by atoms with E-state index in [0.29, 0.717) is 0 Å². The first-order valence-electron chi connectivity index (χ1n) is 18.9. The number of aryl methyl sites for hydroxylation is 3. The number of fused-ring (bicyclic) bond motifs is 3. The zero-order chi connectivity index (χ0) is 37.6. The number of hydrogen-bond acceptors (Lipinski definition) is 3. The Morgan fingerprint density at radius 2 is 1.25 bits per heavy atom. The van der Waals surface area contributed by atoms with Gasteiger partial charge in [-0.1, -0.05) is 111 Å². The molecule has 0 fully saturated rings. The monoisotopic (exact) mass is 714 g/mol. The third-order valence-electron chi connectivity index (χ3n) is 10.5. The summed E-state index contributed by atoms with van der Waals surface area (Å²) < 4.78 is 11.2. The zero-order valence-corrected chi connectivity index (χ0v) is 31.8. The maximum Gasteiger partial charge on any atom is 0.137 e. The molecule has 3 aromatic heterocycles. The van der Waals surface area contributed by atoms with E-state index in [-0.39, 0.29) is 5.92 Å². The maximum absolute atomic E-state index is 6.87. The van der Waals surface area contributed by atoms with Crippen LogP contribution in [0.4, 0.5) is 0 Å². The lowest BCUT2D eigenvalue weighted by Crippen LogP contribution is -2.03. The molecule has 0 saturated carbocycles. The SMILES string of the molecule is Cc1ccnc(-n2c3ccccc3c3ccc(Oc4cc(C(C)C)cc(-n5nc(-c6ccccc6)c(-c6c(C)cccc6C)c5-c5ccccc5)c4)cc32)c1. The van der Waals surface area contributed by atoms with Crippen LogP contribution >= 0.6 is 0 Å². The highest BCUT2D eigenvalue weighted by Crippen LogP contribution is 2.45. The first-order chi connectivity index (χ1) is 26.8. The molecule has 0 unspecified atom stereocenters. The average Bonchev–Trinajstić information content (AvgIpc) is 3.75. The van der Waals surface area contributed by atoms with Crippen LogP contribution in [0.25, 0.3) is 67.0 Å². The maximum atomic E-state index is 6.87. The Balaban J connectivity index is 1.25. The Kier molecular flexibility index (Phi) is 8.63. The van der Waals surface area contributed by atoms with Gasteiger partial charge in [0.15, 0.2) is 0 Å². The fourth-order valence-electron chi connectivity index (χ4n) is 7.87. The van der Waals surface area contributed by atoms with Crippen molar-refractivity contribution in [3.8, 4) is 56.6 Å². The minimum atomic E-state index is 0.252. The van der Waals surface area contributed by atoms with Gasteiger partial charge in [-0.15, -0.1) is 0 Å². The Morgan fingerprint density at radius 1 is 0.564 bits per heavy atom. The summed E-state index contributed by atoms with van der Waals surface area (Å²) >= 11 is 0. The Labute approximate surface area is 322 Å². The number of benzene rings is 6. The Hall–Kier alpha value is -6.72. The van der Waals surface area contributed by atoms with Gasteiger partial charge in [-0.25, -0.2) is 9.67 Å². The molecule has 6 aromatic carbocycles. The van der Waals surface area contributed by atoms with Crippen LogP contribution in [0.15, 0.2) is 158 Å². The van der Waals surface area contributed by atoms with E-state index in [4.69, 9.17) is 14.8 Å². The largest absolute Gasteiger partial charge is 0.457 e. The minimum absolute atomic E-state index is 0.252. The summed E-state index contributed by atoms with van der Waals surface area (Å²) in [6, 6.07) is 53.2. The molecular weight excluding hydrogens is 673 g/mol. The molecule has 0 N–H and O–H groups in total. The van der Waals surface area contributed by atoms with Gasteiger partial charge in [0.1, 0.15) is 23.0 Å². The lowest BCUT2D eigenvalue weighted by Gasteiger charge is -2.17. The molecule has 0 radical (unpaired) electrons. The Morgan fingerprint density at radius 3 is 1.98 bits per heavy atom. The molecule has 0 aliphatic heterocycles. The molecule has 0 aliphatic carbocycles. The molecule has 0 bridgehead atoms. The molecule has 9 aromatic rings. The molecule has 268 valence electrons. The van der Waals surface area contributed by atoms with Gasteiger partial charge in [-0.2, -0.15) is 5.10 Å². The van der Waals surface area contributed by atoms with Gasteiger partial charge >= 0.3 is 0 Å². The molecule has 5 nitrogen and oxygen atoms in total. The van der Waals surface area contributed by atoms with E-state index in [1.54, 1.807) is 0 Å². The lowest BCUT2D eigenvalue weighted by molar-refractivity contribution is 0.481. The summed E-state index contributed by atoms with van der Waals surface area (Å²) in [6.07, 6.45) is 1.87. The number of nitrogens with zero attached hydrogens (tertiary/aromatic N) is 4. The van der Waals surface area contributed by atoms with Crippen LogP contribution in [-0.4, -0.2) is 19.3 Å². The second-order valence-corrected chi connectivity index (χ2v) is 14.7.